The Kier molecular flexibility index (Phi) is 5.46. The number of hydrogen-bond acceptors (Lipinski definition) is 3. The molecule has 1 amide bonds. The first-order valence-electron chi connectivity index (χ1n) is 6.13. The van der Waals surface area contributed by atoms with Gasteiger partial charge >= 0.3 is 6.09 Å². The van der Waals surface area contributed by atoms with Crippen LogP contribution in [-0.2, 0) is 4.74 Å². The molecule has 0 aromatic heterocycles. The fourth-order valence-electron chi connectivity index (χ4n) is 1.62. The van der Waals surface area contributed by atoms with Crippen molar-refractivity contribution in [2.24, 2.45) is 5.92 Å². The smallest absolute Gasteiger partial charge is 0.411 e. The van der Waals surface area contributed by atoms with Crippen LogP contribution in [0.3, 0.4) is 0 Å². The molecule has 2 atom stereocenters. The van der Waals surface area contributed by atoms with E-state index in [4.69, 9.17) is 4.74 Å². The van der Waals surface area contributed by atoms with Gasteiger partial charge < -0.3 is 4.74 Å². The van der Waals surface area contributed by atoms with Crippen molar-refractivity contribution in [3.05, 3.63) is 0 Å². The second-order valence-electron chi connectivity index (χ2n) is 4.72. The van der Waals surface area contributed by atoms with Crippen LogP contribution in [0.2, 0.25) is 0 Å². The van der Waals surface area contributed by atoms with E-state index in [1.165, 1.54) is 6.42 Å². The fourth-order valence-corrected chi connectivity index (χ4v) is 2.92. The van der Waals surface area contributed by atoms with E-state index in [1.807, 2.05) is 16.7 Å². The predicted octanol–water partition coefficient (Wildman–Crippen LogP) is 3.34. The molecule has 0 saturated carbocycles. The fraction of sp³-hybridized carbons (Fsp3) is 0.917. The molecular formula is C12H23NO2S. The van der Waals surface area contributed by atoms with Crippen LogP contribution in [0.15, 0.2) is 0 Å². The highest BCUT2D eigenvalue weighted by Crippen LogP contribution is 2.24. The van der Waals surface area contributed by atoms with Crippen LogP contribution in [0, 0.1) is 5.92 Å². The molecule has 1 saturated heterocycles. The van der Waals surface area contributed by atoms with E-state index < -0.39 is 0 Å². The first kappa shape index (κ1) is 13.7. The Morgan fingerprint density at radius 3 is 2.69 bits per heavy atom. The first-order chi connectivity index (χ1) is 7.54. The van der Waals surface area contributed by atoms with Crippen LogP contribution in [0.1, 0.15) is 40.5 Å². The van der Waals surface area contributed by atoms with E-state index >= 15 is 0 Å². The molecule has 1 aliphatic rings. The number of carbonyl (C=O) groups excluding carboxylic acids is 1. The van der Waals surface area contributed by atoms with Crippen LogP contribution in [0.5, 0.6) is 0 Å². The molecule has 0 spiro atoms. The van der Waals surface area contributed by atoms with Gasteiger partial charge in [0.15, 0.2) is 0 Å². The Labute approximate surface area is 103 Å². The van der Waals surface area contributed by atoms with Gasteiger partial charge in [0, 0.05) is 0 Å². The third kappa shape index (κ3) is 3.89. The second kappa shape index (κ2) is 6.38. The minimum atomic E-state index is -0.142. The number of rotatable bonds is 6. The summed E-state index contributed by atoms with van der Waals surface area (Å²) in [6.45, 7) is 9.35. The topological polar surface area (TPSA) is 29.5 Å². The molecule has 16 heavy (non-hydrogen) atoms. The SMILES string of the molecule is CCC1CN(C(C)SCCC(C)C)C(=O)O1. The number of carbonyl (C=O) groups is 1. The lowest BCUT2D eigenvalue weighted by atomic mass is 10.2. The maximum atomic E-state index is 11.6. The molecule has 0 radical (unpaired) electrons. The molecule has 2 unspecified atom stereocenters. The van der Waals surface area contributed by atoms with Gasteiger partial charge in [-0.3, -0.25) is 4.90 Å². The summed E-state index contributed by atoms with van der Waals surface area (Å²) >= 11 is 1.84. The van der Waals surface area contributed by atoms with Gasteiger partial charge in [0.1, 0.15) is 6.10 Å². The normalized spacial score (nSPS) is 22.7. The third-order valence-electron chi connectivity index (χ3n) is 2.85. The number of hydrogen-bond donors (Lipinski definition) is 0. The van der Waals surface area contributed by atoms with Gasteiger partial charge in [-0.05, 0) is 31.4 Å². The van der Waals surface area contributed by atoms with Gasteiger partial charge in [0.2, 0.25) is 0 Å². The molecule has 0 bridgehead atoms. The van der Waals surface area contributed by atoms with Gasteiger partial charge in [-0.25, -0.2) is 4.79 Å². The molecule has 1 heterocycles. The highest BCUT2D eigenvalue weighted by molar-refractivity contribution is 7.99. The number of thioether (sulfide) groups is 1. The lowest BCUT2D eigenvalue weighted by Gasteiger charge is -2.21. The van der Waals surface area contributed by atoms with E-state index in [1.54, 1.807) is 0 Å². The number of amides is 1. The zero-order chi connectivity index (χ0) is 12.1. The Bertz CT molecular complexity index is 233. The van der Waals surface area contributed by atoms with E-state index in [0.29, 0.717) is 0 Å². The maximum Gasteiger partial charge on any atom is 0.411 e. The van der Waals surface area contributed by atoms with Crippen molar-refractivity contribution in [2.45, 2.75) is 52.0 Å². The maximum absolute atomic E-state index is 11.6. The van der Waals surface area contributed by atoms with E-state index in [9.17, 15) is 4.79 Å². The Balaban J connectivity index is 2.31. The molecule has 0 N–H and O–H groups in total. The van der Waals surface area contributed by atoms with Gasteiger partial charge in [-0.1, -0.05) is 20.8 Å². The third-order valence-corrected chi connectivity index (χ3v) is 4.06. The molecule has 3 nitrogen and oxygen atoms in total. The molecule has 0 aromatic rings. The average Bonchev–Trinajstić information content (AvgIpc) is 2.59. The van der Waals surface area contributed by atoms with Gasteiger partial charge in [0.05, 0.1) is 11.9 Å². The standard InChI is InChI=1S/C12H23NO2S/c1-5-11-8-13(12(14)15-11)10(4)16-7-6-9(2)3/h9-11H,5-8H2,1-4H3. The number of nitrogens with zero attached hydrogens (tertiary/aromatic N) is 1. The summed E-state index contributed by atoms with van der Waals surface area (Å²) in [5.41, 5.74) is 0. The van der Waals surface area contributed by atoms with Gasteiger partial charge in [-0.15, -0.1) is 11.8 Å². The van der Waals surface area contributed by atoms with Crippen LogP contribution >= 0.6 is 11.8 Å². The quantitative estimate of drug-likeness (QED) is 0.719. The van der Waals surface area contributed by atoms with Crippen molar-refractivity contribution in [3.63, 3.8) is 0 Å². The zero-order valence-corrected chi connectivity index (χ0v) is 11.5. The Morgan fingerprint density at radius 1 is 1.50 bits per heavy atom. The van der Waals surface area contributed by atoms with E-state index in [-0.39, 0.29) is 17.6 Å². The van der Waals surface area contributed by atoms with Crippen molar-refractivity contribution in [1.29, 1.82) is 0 Å². The summed E-state index contributed by atoms with van der Waals surface area (Å²) < 4.78 is 5.25. The molecule has 0 aromatic carbocycles. The lowest BCUT2D eigenvalue weighted by Crippen LogP contribution is -2.32. The molecule has 1 aliphatic heterocycles. The predicted molar refractivity (Wildman–Crippen MR) is 68.6 cm³/mol. The molecular weight excluding hydrogens is 222 g/mol. The summed E-state index contributed by atoms with van der Waals surface area (Å²) in [5.74, 6) is 1.84. The van der Waals surface area contributed by atoms with Gasteiger partial charge in [0.25, 0.3) is 0 Å². The Morgan fingerprint density at radius 2 is 2.19 bits per heavy atom. The van der Waals surface area contributed by atoms with Crippen LogP contribution in [0.4, 0.5) is 4.79 Å². The monoisotopic (exact) mass is 245 g/mol. The van der Waals surface area contributed by atoms with Gasteiger partial charge in [-0.2, -0.15) is 0 Å². The highest BCUT2D eigenvalue weighted by atomic mass is 32.2. The molecule has 1 fully saturated rings. The summed E-state index contributed by atoms with van der Waals surface area (Å²) in [6, 6.07) is 0. The van der Waals surface area contributed by atoms with Crippen LogP contribution in [0.25, 0.3) is 0 Å². The van der Waals surface area contributed by atoms with E-state index in [0.717, 1.165) is 24.6 Å². The minimum Gasteiger partial charge on any atom is -0.444 e. The minimum absolute atomic E-state index is 0.0978. The highest BCUT2D eigenvalue weighted by Gasteiger charge is 2.33. The van der Waals surface area contributed by atoms with Crippen LogP contribution < -0.4 is 0 Å². The summed E-state index contributed by atoms with van der Waals surface area (Å²) in [4.78, 5) is 13.4. The first-order valence-corrected chi connectivity index (χ1v) is 7.18. The lowest BCUT2D eigenvalue weighted by molar-refractivity contribution is 0.130. The van der Waals surface area contributed by atoms with Crippen molar-refractivity contribution in [2.75, 3.05) is 12.3 Å². The summed E-state index contributed by atoms with van der Waals surface area (Å²) in [6.07, 6.45) is 2.07. The molecule has 1 rings (SSSR count). The van der Waals surface area contributed by atoms with E-state index in [2.05, 4.69) is 27.7 Å². The largest absolute Gasteiger partial charge is 0.444 e. The summed E-state index contributed by atoms with van der Waals surface area (Å²) in [7, 11) is 0. The summed E-state index contributed by atoms with van der Waals surface area (Å²) in [5, 5.41) is 0.239. The zero-order valence-electron chi connectivity index (χ0n) is 10.7. The van der Waals surface area contributed by atoms with Crippen molar-refractivity contribution >= 4 is 17.9 Å². The molecule has 0 aliphatic carbocycles. The average molecular weight is 245 g/mol. The van der Waals surface area contributed by atoms with Crippen molar-refractivity contribution in [1.82, 2.24) is 4.90 Å². The number of cyclic esters (lactones) is 1. The second-order valence-corrected chi connectivity index (χ2v) is 6.14. The van der Waals surface area contributed by atoms with Crippen molar-refractivity contribution < 1.29 is 9.53 Å². The van der Waals surface area contributed by atoms with Crippen molar-refractivity contribution in [3.8, 4) is 0 Å². The number of ether oxygens (including phenoxy) is 1. The Hall–Kier alpha value is -0.380. The van der Waals surface area contributed by atoms with Crippen LogP contribution in [-0.4, -0.2) is 34.8 Å². The molecule has 4 heteroatoms. The molecule has 94 valence electrons.